The highest BCUT2D eigenvalue weighted by atomic mass is 16.5. The van der Waals surface area contributed by atoms with Crippen molar-refractivity contribution >= 4 is 39.8 Å². The van der Waals surface area contributed by atoms with Gasteiger partial charge in [0, 0.05) is 34.5 Å². The highest BCUT2D eigenvalue weighted by Crippen LogP contribution is 2.24. The third-order valence-corrected chi connectivity index (χ3v) is 8.28. The van der Waals surface area contributed by atoms with Gasteiger partial charge in [0.05, 0.1) is 13.7 Å². The van der Waals surface area contributed by atoms with E-state index in [9.17, 15) is 14.4 Å². The monoisotopic (exact) mass is 648 g/mol. The fourth-order valence-electron chi connectivity index (χ4n) is 5.72. The van der Waals surface area contributed by atoms with E-state index in [0.717, 1.165) is 22.0 Å². The topological polar surface area (TPSA) is 84.9 Å². The predicted octanol–water partition coefficient (Wildman–Crippen LogP) is 7.99. The number of carbonyl (C=O) groups excluding carboxylic acids is 3. The third kappa shape index (κ3) is 8.03. The Balaban J connectivity index is 1.12. The van der Waals surface area contributed by atoms with Crippen molar-refractivity contribution in [3.05, 3.63) is 174 Å². The average Bonchev–Trinajstić information content (AvgIpc) is 3.16. The molecule has 0 saturated heterocycles. The van der Waals surface area contributed by atoms with Crippen LogP contribution in [0.4, 0.5) is 11.4 Å². The molecule has 0 heterocycles. The van der Waals surface area contributed by atoms with Crippen LogP contribution >= 0.6 is 0 Å². The van der Waals surface area contributed by atoms with Gasteiger partial charge in [-0.2, -0.15) is 0 Å². The molecule has 0 aliphatic heterocycles. The van der Waals surface area contributed by atoms with E-state index in [-0.39, 0.29) is 18.3 Å². The van der Waals surface area contributed by atoms with Crippen molar-refractivity contribution in [2.45, 2.75) is 12.5 Å². The van der Waals surface area contributed by atoms with Crippen LogP contribution in [-0.2, 0) is 16.0 Å². The van der Waals surface area contributed by atoms with Crippen LogP contribution < -0.4 is 15.0 Å². The number of nitrogens with one attached hydrogen (secondary N) is 1. The number of methoxy groups -OCH3 is 1. The third-order valence-electron chi connectivity index (χ3n) is 8.28. The largest absolute Gasteiger partial charge is 0.492 e. The molecule has 6 aromatic rings. The molecule has 0 bridgehead atoms. The lowest BCUT2D eigenvalue weighted by Crippen LogP contribution is -2.34. The Bertz CT molecular complexity index is 2050. The lowest BCUT2D eigenvalue weighted by Gasteiger charge is -2.23. The lowest BCUT2D eigenvalue weighted by atomic mass is 10.00. The number of amides is 1. The van der Waals surface area contributed by atoms with Crippen molar-refractivity contribution in [3.63, 3.8) is 0 Å². The van der Waals surface area contributed by atoms with Gasteiger partial charge in [0.25, 0.3) is 5.91 Å². The minimum absolute atomic E-state index is 0.107. The van der Waals surface area contributed by atoms with Crippen LogP contribution in [0.15, 0.2) is 152 Å². The Hall–Kier alpha value is -6.21. The van der Waals surface area contributed by atoms with Gasteiger partial charge in [-0.1, -0.05) is 103 Å². The van der Waals surface area contributed by atoms with Crippen LogP contribution in [0.25, 0.3) is 10.8 Å². The highest BCUT2D eigenvalue weighted by molar-refractivity contribution is 6.12. The maximum atomic E-state index is 13.7. The maximum Gasteiger partial charge on any atom is 0.328 e. The Morgan fingerprint density at radius 1 is 0.673 bits per heavy atom. The molecule has 0 spiro atoms. The van der Waals surface area contributed by atoms with Crippen molar-refractivity contribution in [2.24, 2.45) is 0 Å². The van der Waals surface area contributed by atoms with Gasteiger partial charge in [0.15, 0.2) is 5.78 Å². The van der Waals surface area contributed by atoms with Gasteiger partial charge >= 0.3 is 5.97 Å². The first-order chi connectivity index (χ1) is 24.0. The number of ketones is 1. The second kappa shape index (κ2) is 15.6. The maximum absolute atomic E-state index is 13.7. The number of nitrogens with zero attached hydrogens (tertiary/aromatic N) is 1. The van der Waals surface area contributed by atoms with Gasteiger partial charge in [-0.25, -0.2) is 4.79 Å². The zero-order chi connectivity index (χ0) is 34.0. The van der Waals surface area contributed by atoms with Crippen molar-refractivity contribution < 1.29 is 23.9 Å². The van der Waals surface area contributed by atoms with E-state index < -0.39 is 12.0 Å². The molecule has 1 atom stereocenters. The predicted molar refractivity (Wildman–Crippen MR) is 193 cm³/mol. The quantitative estimate of drug-likeness (QED) is 0.101. The highest BCUT2D eigenvalue weighted by Gasteiger charge is 2.23. The summed E-state index contributed by atoms with van der Waals surface area (Å²) in [5.74, 6) is -0.0569. The number of hydrogen-bond acceptors (Lipinski definition) is 6. The van der Waals surface area contributed by atoms with E-state index in [1.807, 2.05) is 121 Å². The summed E-state index contributed by atoms with van der Waals surface area (Å²) in [5, 5.41) is 5.33. The number of hydrogen-bond donors (Lipinski definition) is 1. The second-order valence-corrected chi connectivity index (χ2v) is 11.5. The number of esters is 1. The zero-order valence-corrected chi connectivity index (χ0v) is 27.1. The Labute approximate surface area is 285 Å². The molecule has 49 heavy (non-hydrogen) atoms. The molecule has 7 nitrogen and oxygen atoms in total. The van der Waals surface area contributed by atoms with E-state index in [2.05, 4.69) is 5.32 Å². The normalized spacial score (nSPS) is 11.4. The number of rotatable bonds is 13. The number of ether oxygens (including phenoxy) is 2. The van der Waals surface area contributed by atoms with Crippen molar-refractivity contribution in [3.8, 4) is 5.75 Å². The molecule has 7 heteroatoms. The van der Waals surface area contributed by atoms with E-state index in [0.29, 0.717) is 41.1 Å². The molecule has 244 valence electrons. The molecule has 0 unspecified atom stereocenters. The summed E-state index contributed by atoms with van der Waals surface area (Å²) in [6, 6.07) is 46.2. The van der Waals surface area contributed by atoms with Gasteiger partial charge < -0.3 is 19.7 Å². The van der Waals surface area contributed by atoms with Crippen molar-refractivity contribution in [1.29, 1.82) is 0 Å². The summed E-state index contributed by atoms with van der Waals surface area (Å²) in [6.45, 7) is 0.610. The number of carbonyl (C=O) groups is 3. The fraction of sp³-hybridized carbons (Fsp3) is 0.119. The van der Waals surface area contributed by atoms with Gasteiger partial charge in [-0.15, -0.1) is 0 Å². The molecule has 0 saturated carbocycles. The molecule has 0 aliphatic carbocycles. The molecular formula is C42H36N2O5. The summed E-state index contributed by atoms with van der Waals surface area (Å²) in [4.78, 5) is 41.6. The standard InChI is InChI=1S/C42H36N2O5/c1-48-42(47)39(43-38-19-11-10-18-37(38)40(45)32-13-4-2-5-14-32)28-30-20-24-36(25-21-30)49-27-26-44(35-16-6-3-7-17-35)41(46)34-23-22-31-12-8-9-15-33(31)29-34/h2-25,29,39,43H,26-28H2,1H3/t39-/m0/s1. The van der Waals surface area contributed by atoms with Crippen molar-refractivity contribution in [1.82, 2.24) is 0 Å². The summed E-state index contributed by atoms with van der Waals surface area (Å²) in [5.41, 5.74) is 3.84. The summed E-state index contributed by atoms with van der Waals surface area (Å²) in [7, 11) is 1.35. The van der Waals surface area contributed by atoms with E-state index in [4.69, 9.17) is 9.47 Å². The molecule has 0 radical (unpaired) electrons. The SMILES string of the molecule is COC(=O)[C@H](Cc1ccc(OCCN(C(=O)c2ccc3ccccc3c2)c2ccccc2)cc1)Nc1ccccc1C(=O)c1ccccc1. The fourth-order valence-corrected chi connectivity index (χ4v) is 5.72. The van der Waals surface area contributed by atoms with Crippen molar-refractivity contribution in [2.75, 3.05) is 30.5 Å². The minimum Gasteiger partial charge on any atom is -0.492 e. The summed E-state index contributed by atoms with van der Waals surface area (Å²) >= 11 is 0. The minimum atomic E-state index is -0.734. The summed E-state index contributed by atoms with van der Waals surface area (Å²) in [6.07, 6.45) is 0.322. The number of para-hydroxylation sites is 2. The van der Waals surface area contributed by atoms with Crippen LogP contribution in [0.5, 0.6) is 5.75 Å². The first-order valence-corrected chi connectivity index (χ1v) is 16.1. The van der Waals surface area contributed by atoms with Crippen LogP contribution in [0.3, 0.4) is 0 Å². The summed E-state index contributed by atoms with van der Waals surface area (Å²) < 4.78 is 11.2. The Morgan fingerprint density at radius 2 is 1.33 bits per heavy atom. The Kier molecular flexibility index (Phi) is 10.4. The molecule has 6 rings (SSSR count). The molecule has 0 aromatic heterocycles. The van der Waals surface area contributed by atoms with Gasteiger partial charge in [0.1, 0.15) is 18.4 Å². The molecule has 0 fully saturated rings. The second-order valence-electron chi connectivity index (χ2n) is 11.5. The van der Waals surface area contributed by atoms with Crippen LogP contribution in [0.2, 0.25) is 0 Å². The van der Waals surface area contributed by atoms with E-state index in [1.165, 1.54) is 7.11 Å². The molecule has 0 aliphatic rings. The van der Waals surface area contributed by atoms with Gasteiger partial charge in [-0.3, -0.25) is 9.59 Å². The molecule has 6 aromatic carbocycles. The lowest BCUT2D eigenvalue weighted by molar-refractivity contribution is -0.141. The van der Waals surface area contributed by atoms with E-state index in [1.54, 1.807) is 35.2 Å². The number of anilines is 2. The molecule has 1 N–H and O–H groups in total. The van der Waals surface area contributed by atoms with Crippen LogP contribution in [0.1, 0.15) is 31.8 Å². The number of fused-ring (bicyclic) bond motifs is 1. The number of benzene rings is 6. The zero-order valence-electron chi connectivity index (χ0n) is 27.1. The smallest absolute Gasteiger partial charge is 0.328 e. The molecular weight excluding hydrogens is 612 g/mol. The van der Waals surface area contributed by atoms with Gasteiger partial charge in [0.2, 0.25) is 0 Å². The Morgan fingerprint density at radius 3 is 2.06 bits per heavy atom. The van der Waals surface area contributed by atoms with Crippen LogP contribution in [-0.4, -0.2) is 44.0 Å². The average molecular weight is 649 g/mol. The van der Waals surface area contributed by atoms with Gasteiger partial charge in [-0.05, 0) is 64.9 Å². The first kappa shape index (κ1) is 32.7. The van der Waals surface area contributed by atoms with Crippen LogP contribution in [0, 0.1) is 0 Å². The molecule has 1 amide bonds. The van der Waals surface area contributed by atoms with E-state index >= 15 is 0 Å². The first-order valence-electron chi connectivity index (χ1n) is 16.1.